The number of aromatic hydroxyl groups is 1. The first-order valence-corrected chi connectivity index (χ1v) is 7.39. The molecule has 0 unspecified atom stereocenters. The summed E-state index contributed by atoms with van der Waals surface area (Å²) in [5, 5.41) is 13.3. The zero-order valence-electron chi connectivity index (χ0n) is 11.5. The lowest BCUT2D eigenvalue weighted by molar-refractivity contribution is 0.112. The highest BCUT2D eigenvalue weighted by atomic mass is 32.1. The number of carbonyl (C=O) groups excluding carboxylic acids is 1. The van der Waals surface area contributed by atoms with Crippen LogP contribution in [0.25, 0.3) is 21.2 Å². The minimum Gasteiger partial charge on any atom is -0.507 e. The lowest BCUT2D eigenvalue weighted by Gasteiger charge is -2.09. The second-order valence-corrected chi connectivity index (χ2v) is 5.68. The fourth-order valence-electron chi connectivity index (χ4n) is 2.43. The Balaban J connectivity index is 2.22. The zero-order valence-corrected chi connectivity index (χ0v) is 12.3. The number of fused-ring (bicyclic) bond motifs is 1. The van der Waals surface area contributed by atoms with Gasteiger partial charge in [0.2, 0.25) is 0 Å². The third-order valence-electron chi connectivity index (χ3n) is 3.44. The molecule has 0 radical (unpaired) electrons. The molecule has 0 spiro atoms. The summed E-state index contributed by atoms with van der Waals surface area (Å²) in [5.74, 6) is -0.00450. The van der Waals surface area contributed by atoms with Gasteiger partial charge in [0.1, 0.15) is 5.75 Å². The molecule has 0 aliphatic heterocycles. The number of methoxy groups -OCH3 is 1. The molecule has 0 saturated heterocycles. The number of thiophene rings is 1. The minimum atomic E-state index is -0.00450. The van der Waals surface area contributed by atoms with Gasteiger partial charge in [0.05, 0.1) is 12.2 Å². The molecule has 0 amide bonds. The third kappa shape index (κ3) is 2.44. The molecule has 106 valence electrons. The molecular weight excluding hydrogens is 284 g/mol. The average Bonchev–Trinajstić information content (AvgIpc) is 2.93. The second kappa shape index (κ2) is 5.68. The largest absolute Gasteiger partial charge is 0.507 e. The normalized spacial score (nSPS) is 10.9. The van der Waals surface area contributed by atoms with Crippen molar-refractivity contribution in [2.45, 2.75) is 6.61 Å². The standard InChI is InChI=1S/C17H14O3S/c1-20-9-13-7-11(6-12(8-18)17(13)19)15-10-21-16-5-3-2-4-14(15)16/h2-8,10,19H,9H2,1H3. The van der Waals surface area contributed by atoms with E-state index in [2.05, 4.69) is 17.5 Å². The van der Waals surface area contributed by atoms with Crippen molar-refractivity contribution in [1.82, 2.24) is 0 Å². The Morgan fingerprint density at radius 1 is 1.29 bits per heavy atom. The smallest absolute Gasteiger partial charge is 0.153 e. The summed E-state index contributed by atoms with van der Waals surface area (Å²) >= 11 is 1.66. The quantitative estimate of drug-likeness (QED) is 0.733. The van der Waals surface area contributed by atoms with Crippen molar-refractivity contribution in [2.75, 3.05) is 7.11 Å². The number of hydrogen-bond acceptors (Lipinski definition) is 4. The summed E-state index contributed by atoms with van der Waals surface area (Å²) in [4.78, 5) is 11.2. The molecule has 3 nitrogen and oxygen atoms in total. The van der Waals surface area contributed by atoms with Crippen LogP contribution < -0.4 is 0 Å². The van der Waals surface area contributed by atoms with Gasteiger partial charge in [0.25, 0.3) is 0 Å². The number of phenolic OH excluding ortho intramolecular Hbond substituents is 1. The molecule has 0 atom stereocenters. The van der Waals surface area contributed by atoms with Crippen LogP contribution in [-0.2, 0) is 11.3 Å². The first-order valence-electron chi connectivity index (χ1n) is 6.51. The summed E-state index contributed by atoms with van der Waals surface area (Å²) < 4.78 is 6.29. The van der Waals surface area contributed by atoms with E-state index < -0.39 is 0 Å². The van der Waals surface area contributed by atoms with Crippen LogP contribution in [0.15, 0.2) is 41.8 Å². The Morgan fingerprint density at radius 3 is 2.86 bits per heavy atom. The lowest BCUT2D eigenvalue weighted by atomic mass is 9.99. The number of ether oxygens (including phenoxy) is 1. The summed E-state index contributed by atoms with van der Waals surface area (Å²) in [5.41, 5.74) is 2.89. The van der Waals surface area contributed by atoms with Gasteiger partial charge < -0.3 is 9.84 Å². The topological polar surface area (TPSA) is 46.5 Å². The van der Waals surface area contributed by atoms with Gasteiger partial charge in [-0.2, -0.15) is 0 Å². The Labute approximate surface area is 126 Å². The maximum atomic E-state index is 11.2. The van der Waals surface area contributed by atoms with Crippen molar-refractivity contribution < 1.29 is 14.6 Å². The molecule has 3 rings (SSSR count). The van der Waals surface area contributed by atoms with E-state index in [0.717, 1.165) is 16.5 Å². The van der Waals surface area contributed by atoms with Crippen LogP contribution in [0.5, 0.6) is 5.75 Å². The summed E-state index contributed by atoms with van der Waals surface area (Å²) in [7, 11) is 1.56. The van der Waals surface area contributed by atoms with Crippen LogP contribution in [0.2, 0.25) is 0 Å². The maximum absolute atomic E-state index is 11.2. The van der Waals surface area contributed by atoms with E-state index in [1.807, 2.05) is 18.2 Å². The number of carbonyl (C=O) groups is 1. The van der Waals surface area contributed by atoms with Crippen LogP contribution >= 0.6 is 11.3 Å². The van der Waals surface area contributed by atoms with Crippen LogP contribution in [0.1, 0.15) is 15.9 Å². The van der Waals surface area contributed by atoms with Gasteiger partial charge in [-0.1, -0.05) is 18.2 Å². The predicted octanol–water partition coefficient (Wildman–Crippen LogP) is 4.23. The van der Waals surface area contributed by atoms with E-state index in [-0.39, 0.29) is 17.9 Å². The first kappa shape index (κ1) is 13.8. The zero-order chi connectivity index (χ0) is 14.8. The molecule has 1 N–H and O–H groups in total. The van der Waals surface area contributed by atoms with Crippen molar-refractivity contribution in [2.24, 2.45) is 0 Å². The highest BCUT2D eigenvalue weighted by Crippen LogP contribution is 2.36. The summed E-state index contributed by atoms with van der Waals surface area (Å²) in [6, 6.07) is 11.7. The van der Waals surface area contributed by atoms with Gasteiger partial charge >= 0.3 is 0 Å². The number of hydrogen-bond donors (Lipinski definition) is 1. The van der Waals surface area contributed by atoms with E-state index in [9.17, 15) is 9.90 Å². The Morgan fingerprint density at radius 2 is 2.10 bits per heavy atom. The Bertz CT molecular complexity index is 805. The van der Waals surface area contributed by atoms with Crippen molar-refractivity contribution in [3.05, 3.63) is 52.9 Å². The molecule has 1 heterocycles. The first-order chi connectivity index (χ1) is 10.2. The lowest BCUT2D eigenvalue weighted by Crippen LogP contribution is -1.94. The Kier molecular flexibility index (Phi) is 3.73. The highest BCUT2D eigenvalue weighted by Gasteiger charge is 2.13. The molecule has 4 heteroatoms. The van der Waals surface area contributed by atoms with Crippen LogP contribution in [0.3, 0.4) is 0 Å². The van der Waals surface area contributed by atoms with Gasteiger partial charge in [-0.3, -0.25) is 4.79 Å². The van der Waals surface area contributed by atoms with Crippen LogP contribution in [0.4, 0.5) is 0 Å². The highest BCUT2D eigenvalue weighted by molar-refractivity contribution is 7.17. The SMILES string of the molecule is COCc1cc(-c2csc3ccccc23)cc(C=O)c1O. The van der Waals surface area contributed by atoms with Gasteiger partial charge in [-0.05, 0) is 29.1 Å². The molecule has 3 aromatic rings. The summed E-state index contributed by atoms with van der Waals surface area (Å²) in [6.45, 7) is 0.266. The fourth-order valence-corrected chi connectivity index (χ4v) is 3.40. The molecule has 1 aromatic heterocycles. The fraction of sp³-hybridized carbons (Fsp3) is 0.118. The molecule has 0 aliphatic carbocycles. The molecule has 21 heavy (non-hydrogen) atoms. The Hall–Kier alpha value is -2.17. The summed E-state index contributed by atoms with van der Waals surface area (Å²) in [6.07, 6.45) is 0.673. The van der Waals surface area contributed by atoms with Crippen LogP contribution in [-0.4, -0.2) is 18.5 Å². The molecule has 0 aliphatic rings. The van der Waals surface area contributed by atoms with Gasteiger partial charge in [0, 0.05) is 28.3 Å². The minimum absolute atomic E-state index is 0.00450. The molecular formula is C17H14O3S. The monoisotopic (exact) mass is 298 g/mol. The van der Waals surface area contributed by atoms with E-state index >= 15 is 0 Å². The molecule has 0 fully saturated rings. The van der Waals surface area contributed by atoms with E-state index in [1.165, 1.54) is 4.70 Å². The predicted molar refractivity (Wildman–Crippen MR) is 85.0 cm³/mol. The number of phenols is 1. The number of rotatable bonds is 4. The second-order valence-electron chi connectivity index (χ2n) is 4.77. The molecule has 0 saturated carbocycles. The molecule has 0 bridgehead atoms. The molecule has 2 aromatic carbocycles. The van der Waals surface area contributed by atoms with Crippen molar-refractivity contribution in [1.29, 1.82) is 0 Å². The van der Waals surface area contributed by atoms with E-state index in [4.69, 9.17) is 4.74 Å². The van der Waals surface area contributed by atoms with E-state index in [1.54, 1.807) is 24.5 Å². The number of aldehydes is 1. The van der Waals surface area contributed by atoms with Gasteiger partial charge in [-0.25, -0.2) is 0 Å². The van der Waals surface area contributed by atoms with Crippen molar-refractivity contribution in [3.63, 3.8) is 0 Å². The van der Waals surface area contributed by atoms with Crippen molar-refractivity contribution >= 4 is 27.7 Å². The van der Waals surface area contributed by atoms with Crippen molar-refractivity contribution in [3.8, 4) is 16.9 Å². The van der Waals surface area contributed by atoms with Gasteiger partial charge in [0.15, 0.2) is 6.29 Å². The van der Waals surface area contributed by atoms with Crippen LogP contribution in [0, 0.1) is 0 Å². The number of benzene rings is 2. The van der Waals surface area contributed by atoms with Gasteiger partial charge in [-0.15, -0.1) is 11.3 Å². The third-order valence-corrected chi connectivity index (χ3v) is 4.40. The average molecular weight is 298 g/mol. The van der Waals surface area contributed by atoms with E-state index in [0.29, 0.717) is 11.8 Å². The maximum Gasteiger partial charge on any atom is 0.153 e.